The number of hydrogen-bond acceptors (Lipinski definition) is 5. The summed E-state index contributed by atoms with van der Waals surface area (Å²) in [5.74, 6) is -2.59. The predicted molar refractivity (Wildman–Crippen MR) is 61.2 cm³/mol. The number of nitrogens with zero attached hydrogens (tertiary/aromatic N) is 2. The van der Waals surface area contributed by atoms with Gasteiger partial charge in [-0.25, -0.2) is 26.9 Å². The Morgan fingerprint density at radius 1 is 1.37 bits per heavy atom. The number of nitrogens with two attached hydrogens (primary N) is 1. The summed E-state index contributed by atoms with van der Waals surface area (Å²) in [4.78, 5) is 2.83. The van der Waals surface area contributed by atoms with E-state index in [1.807, 2.05) is 4.72 Å². The van der Waals surface area contributed by atoms with Crippen LogP contribution in [0.25, 0.3) is 0 Å². The van der Waals surface area contributed by atoms with Crippen LogP contribution in [-0.2, 0) is 16.6 Å². The molecule has 1 heterocycles. The van der Waals surface area contributed by atoms with Crippen LogP contribution < -0.4 is 10.5 Å². The first kappa shape index (κ1) is 13.4. The first-order chi connectivity index (χ1) is 8.90. The molecule has 0 bridgehead atoms. The monoisotopic (exact) mass is 289 g/mol. The highest BCUT2D eigenvalue weighted by Gasteiger charge is 2.22. The normalized spacial score (nSPS) is 11.7. The Kier molecular flexibility index (Phi) is 3.44. The summed E-state index contributed by atoms with van der Waals surface area (Å²) < 4.78 is 52.2. The van der Waals surface area contributed by atoms with Crippen LogP contribution >= 0.6 is 0 Å². The van der Waals surface area contributed by atoms with E-state index in [1.54, 1.807) is 0 Å². The Labute approximate surface area is 106 Å². The van der Waals surface area contributed by atoms with Crippen LogP contribution in [0.15, 0.2) is 23.4 Å². The van der Waals surface area contributed by atoms with Crippen LogP contribution in [-0.4, -0.2) is 23.6 Å². The van der Waals surface area contributed by atoms with Gasteiger partial charge in [0.15, 0.2) is 11.6 Å². The molecular formula is C9H9F2N5O2S. The molecule has 0 fully saturated rings. The number of nitrogen functional groups attached to an aromatic ring is 1. The number of rotatable bonds is 4. The number of halogens is 2. The standard InChI is InChI=1S/C9H9F2N5O2S/c10-6-1-5(12)2-7(9(6)11)19(17,18)15-3-8-13-4-14-16-8/h1-2,4,15H,3,12H2,(H,13,14,16). The van der Waals surface area contributed by atoms with Crippen LogP contribution in [0.4, 0.5) is 14.5 Å². The zero-order valence-corrected chi connectivity index (χ0v) is 10.2. The fourth-order valence-corrected chi connectivity index (χ4v) is 2.44. The van der Waals surface area contributed by atoms with Gasteiger partial charge in [0.25, 0.3) is 0 Å². The second-order valence-corrected chi connectivity index (χ2v) is 5.31. The molecule has 0 aliphatic heterocycles. The van der Waals surface area contributed by atoms with Gasteiger partial charge in [-0.15, -0.1) is 0 Å². The summed E-state index contributed by atoms with van der Waals surface area (Å²) in [7, 11) is -4.24. The zero-order chi connectivity index (χ0) is 14.0. The number of sulfonamides is 1. The number of aromatic amines is 1. The van der Waals surface area contributed by atoms with E-state index in [2.05, 4.69) is 15.2 Å². The molecule has 0 amide bonds. The Hall–Kier alpha value is -2.07. The Bertz CT molecular complexity index is 687. The van der Waals surface area contributed by atoms with Crippen molar-refractivity contribution in [2.24, 2.45) is 0 Å². The maximum absolute atomic E-state index is 13.5. The summed E-state index contributed by atoms with van der Waals surface area (Å²) in [5, 5.41) is 5.93. The number of nitrogens with one attached hydrogen (secondary N) is 2. The van der Waals surface area contributed by atoms with Gasteiger partial charge in [0.05, 0.1) is 6.54 Å². The van der Waals surface area contributed by atoms with Gasteiger partial charge < -0.3 is 5.73 Å². The molecule has 1 aromatic heterocycles. The van der Waals surface area contributed by atoms with E-state index in [-0.39, 0.29) is 18.1 Å². The molecule has 19 heavy (non-hydrogen) atoms. The molecule has 0 aliphatic rings. The second kappa shape index (κ2) is 4.90. The van der Waals surface area contributed by atoms with Gasteiger partial charge in [-0.05, 0) is 12.1 Å². The Morgan fingerprint density at radius 3 is 2.74 bits per heavy atom. The Morgan fingerprint density at radius 2 is 2.11 bits per heavy atom. The van der Waals surface area contributed by atoms with Crippen LogP contribution in [0.3, 0.4) is 0 Å². The van der Waals surface area contributed by atoms with E-state index >= 15 is 0 Å². The van der Waals surface area contributed by atoms with Crippen LogP contribution in [0.2, 0.25) is 0 Å². The molecule has 10 heteroatoms. The van der Waals surface area contributed by atoms with E-state index in [1.165, 1.54) is 6.33 Å². The number of aromatic nitrogens is 3. The van der Waals surface area contributed by atoms with Crippen molar-refractivity contribution >= 4 is 15.7 Å². The highest BCUT2D eigenvalue weighted by molar-refractivity contribution is 7.89. The van der Waals surface area contributed by atoms with Gasteiger partial charge in [0.2, 0.25) is 10.0 Å². The molecule has 0 saturated heterocycles. The fourth-order valence-electron chi connectivity index (χ4n) is 1.34. The SMILES string of the molecule is Nc1cc(F)c(F)c(S(=O)(=O)NCc2ncn[nH]2)c1. The van der Waals surface area contributed by atoms with Gasteiger partial charge in [0.1, 0.15) is 17.0 Å². The van der Waals surface area contributed by atoms with Gasteiger partial charge in [-0.3, -0.25) is 5.10 Å². The van der Waals surface area contributed by atoms with E-state index < -0.39 is 26.6 Å². The summed E-state index contributed by atoms with van der Waals surface area (Å²) in [6.45, 7) is -0.238. The topological polar surface area (TPSA) is 114 Å². The molecule has 0 radical (unpaired) electrons. The first-order valence-electron chi connectivity index (χ1n) is 4.98. The molecular weight excluding hydrogens is 280 g/mol. The maximum Gasteiger partial charge on any atom is 0.244 e. The lowest BCUT2D eigenvalue weighted by atomic mass is 10.3. The van der Waals surface area contributed by atoms with Crippen molar-refractivity contribution in [3.05, 3.63) is 35.9 Å². The molecule has 4 N–H and O–H groups in total. The molecule has 0 aliphatic carbocycles. The third-order valence-corrected chi connectivity index (χ3v) is 3.60. The third-order valence-electron chi connectivity index (χ3n) is 2.20. The molecule has 1 aromatic carbocycles. The molecule has 2 rings (SSSR count). The van der Waals surface area contributed by atoms with Crippen molar-refractivity contribution in [1.29, 1.82) is 0 Å². The first-order valence-corrected chi connectivity index (χ1v) is 6.47. The van der Waals surface area contributed by atoms with Crippen LogP contribution in [0, 0.1) is 11.6 Å². The van der Waals surface area contributed by atoms with Gasteiger partial charge in [-0.1, -0.05) is 0 Å². The molecule has 0 spiro atoms. The minimum absolute atomic E-state index is 0.195. The zero-order valence-electron chi connectivity index (χ0n) is 9.39. The molecule has 0 saturated carbocycles. The highest BCUT2D eigenvalue weighted by Crippen LogP contribution is 2.20. The predicted octanol–water partition coefficient (Wildman–Crippen LogP) is 0.144. The van der Waals surface area contributed by atoms with Gasteiger partial charge in [0, 0.05) is 5.69 Å². The minimum atomic E-state index is -4.24. The van der Waals surface area contributed by atoms with E-state index in [0.29, 0.717) is 6.07 Å². The molecule has 0 atom stereocenters. The molecule has 102 valence electrons. The smallest absolute Gasteiger partial charge is 0.244 e. The van der Waals surface area contributed by atoms with Crippen molar-refractivity contribution in [2.45, 2.75) is 11.4 Å². The summed E-state index contributed by atoms with van der Waals surface area (Å²) in [6, 6.07) is 1.53. The molecule has 0 unspecified atom stereocenters. The lowest BCUT2D eigenvalue weighted by molar-refractivity contribution is 0.483. The molecule has 2 aromatic rings. The largest absolute Gasteiger partial charge is 0.399 e. The lowest BCUT2D eigenvalue weighted by Crippen LogP contribution is -2.25. The van der Waals surface area contributed by atoms with E-state index in [9.17, 15) is 17.2 Å². The second-order valence-electron chi connectivity index (χ2n) is 3.57. The third kappa shape index (κ3) is 2.85. The quantitative estimate of drug-likeness (QED) is 0.693. The Balaban J connectivity index is 2.29. The highest BCUT2D eigenvalue weighted by atomic mass is 32.2. The minimum Gasteiger partial charge on any atom is -0.399 e. The van der Waals surface area contributed by atoms with Crippen molar-refractivity contribution < 1.29 is 17.2 Å². The van der Waals surface area contributed by atoms with Crippen molar-refractivity contribution in [1.82, 2.24) is 19.9 Å². The fraction of sp³-hybridized carbons (Fsp3) is 0.111. The summed E-state index contributed by atoms with van der Waals surface area (Å²) in [6.07, 6.45) is 1.18. The average Bonchev–Trinajstić information content (AvgIpc) is 2.84. The summed E-state index contributed by atoms with van der Waals surface area (Å²) >= 11 is 0. The van der Waals surface area contributed by atoms with Gasteiger partial charge >= 0.3 is 0 Å². The van der Waals surface area contributed by atoms with Crippen molar-refractivity contribution in [2.75, 3.05) is 5.73 Å². The number of anilines is 1. The van der Waals surface area contributed by atoms with Crippen LogP contribution in [0.1, 0.15) is 5.82 Å². The average molecular weight is 289 g/mol. The van der Waals surface area contributed by atoms with Crippen LogP contribution in [0.5, 0.6) is 0 Å². The molecule has 7 nitrogen and oxygen atoms in total. The van der Waals surface area contributed by atoms with Gasteiger partial charge in [-0.2, -0.15) is 5.10 Å². The van der Waals surface area contributed by atoms with Crippen molar-refractivity contribution in [3.8, 4) is 0 Å². The van der Waals surface area contributed by atoms with E-state index in [0.717, 1.165) is 6.07 Å². The number of H-pyrrole nitrogens is 1. The van der Waals surface area contributed by atoms with Crippen molar-refractivity contribution in [3.63, 3.8) is 0 Å². The number of benzene rings is 1. The maximum atomic E-state index is 13.5. The summed E-state index contributed by atoms with van der Waals surface area (Å²) in [5.41, 5.74) is 5.09. The van der Waals surface area contributed by atoms with E-state index in [4.69, 9.17) is 5.73 Å². The number of hydrogen-bond donors (Lipinski definition) is 3. The lowest BCUT2D eigenvalue weighted by Gasteiger charge is -2.07.